The van der Waals surface area contributed by atoms with Gasteiger partial charge >= 0.3 is 5.97 Å². The fraction of sp³-hybridized carbons (Fsp3) is 0.333. The van der Waals surface area contributed by atoms with Crippen LogP contribution in [0, 0.1) is 5.82 Å². The average molecular weight is 311 g/mol. The number of benzene rings is 1. The highest BCUT2D eigenvalue weighted by molar-refractivity contribution is 7.98. The summed E-state index contributed by atoms with van der Waals surface area (Å²) >= 11 is 1.75. The number of carboxylic acid groups (broad SMARTS) is 1. The van der Waals surface area contributed by atoms with E-state index < -0.39 is 17.7 Å². The smallest absolute Gasteiger partial charge is 0.328 e. The topological polar surface area (TPSA) is 66.4 Å². The summed E-state index contributed by atoms with van der Waals surface area (Å²) in [7, 11) is 0. The van der Waals surface area contributed by atoms with Gasteiger partial charge in [-0.05, 0) is 48.6 Å². The van der Waals surface area contributed by atoms with Gasteiger partial charge in [0.15, 0.2) is 0 Å². The molecule has 0 fully saturated rings. The number of nitrogens with one attached hydrogen (secondary N) is 1. The van der Waals surface area contributed by atoms with Crippen LogP contribution >= 0.6 is 11.8 Å². The van der Waals surface area contributed by atoms with Gasteiger partial charge in [0, 0.05) is 12.6 Å². The first kappa shape index (κ1) is 17.2. The van der Waals surface area contributed by atoms with Crippen LogP contribution in [0.2, 0.25) is 0 Å². The highest BCUT2D eigenvalue weighted by atomic mass is 32.2. The SMILES string of the molecule is CSCCCCNC(=O)c1ccc(/C=C/C(=O)O)cc1F. The van der Waals surface area contributed by atoms with Crippen molar-refractivity contribution in [3.05, 3.63) is 41.2 Å². The van der Waals surface area contributed by atoms with E-state index in [1.54, 1.807) is 11.8 Å². The Balaban J connectivity index is 2.58. The number of hydrogen-bond donors (Lipinski definition) is 2. The maximum absolute atomic E-state index is 13.8. The molecule has 1 rings (SSSR count). The molecule has 4 nitrogen and oxygen atoms in total. The molecule has 0 aliphatic carbocycles. The van der Waals surface area contributed by atoms with E-state index in [0.29, 0.717) is 12.1 Å². The predicted molar refractivity (Wildman–Crippen MR) is 83.0 cm³/mol. The number of carbonyl (C=O) groups excluding carboxylic acids is 1. The van der Waals surface area contributed by atoms with Gasteiger partial charge in [0.05, 0.1) is 5.56 Å². The molecular formula is C15H18FNO3S. The summed E-state index contributed by atoms with van der Waals surface area (Å²) in [4.78, 5) is 22.2. The van der Waals surface area contributed by atoms with Gasteiger partial charge in [0.2, 0.25) is 0 Å². The van der Waals surface area contributed by atoms with Gasteiger partial charge in [-0.1, -0.05) is 6.07 Å². The molecule has 0 saturated heterocycles. The zero-order valence-corrected chi connectivity index (χ0v) is 12.6. The van der Waals surface area contributed by atoms with E-state index in [1.165, 1.54) is 18.2 Å². The molecule has 0 aliphatic rings. The number of rotatable bonds is 8. The Labute approximate surface area is 127 Å². The predicted octanol–water partition coefficient (Wildman–Crippen LogP) is 2.80. The first-order valence-corrected chi connectivity index (χ1v) is 7.91. The summed E-state index contributed by atoms with van der Waals surface area (Å²) in [6.07, 6.45) is 6.07. The molecule has 0 bridgehead atoms. The quantitative estimate of drug-likeness (QED) is 0.572. The molecule has 0 aromatic heterocycles. The molecule has 0 spiro atoms. The van der Waals surface area contributed by atoms with Gasteiger partial charge < -0.3 is 10.4 Å². The van der Waals surface area contributed by atoms with E-state index >= 15 is 0 Å². The van der Waals surface area contributed by atoms with E-state index in [1.807, 2.05) is 6.26 Å². The summed E-state index contributed by atoms with van der Waals surface area (Å²) < 4.78 is 13.8. The summed E-state index contributed by atoms with van der Waals surface area (Å²) in [5.74, 6) is -1.19. The third-order valence-corrected chi connectivity index (χ3v) is 3.41. The lowest BCUT2D eigenvalue weighted by atomic mass is 10.1. The van der Waals surface area contributed by atoms with Crippen molar-refractivity contribution in [2.24, 2.45) is 0 Å². The van der Waals surface area contributed by atoms with Crippen LogP contribution < -0.4 is 5.32 Å². The lowest BCUT2D eigenvalue weighted by molar-refractivity contribution is -0.131. The Morgan fingerprint density at radius 1 is 1.38 bits per heavy atom. The number of unbranched alkanes of at least 4 members (excludes halogenated alkanes) is 1. The van der Waals surface area contributed by atoms with Crippen LogP contribution in [-0.2, 0) is 4.79 Å². The summed E-state index contributed by atoms with van der Waals surface area (Å²) in [5.41, 5.74) is 0.360. The normalized spacial score (nSPS) is 10.8. The highest BCUT2D eigenvalue weighted by Gasteiger charge is 2.11. The molecule has 0 aliphatic heterocycles. The van der Waals surface area contributed by atoms with Crippen LogP contribution in [0.3, 0.4) is 0 Å². The van der Waals surface area contributed by atoms with Crippen molar-refractivity contribution in [1.82, 2.24) is 5.32 Å². The van der Waals surface area contributed by atoms with E-state index in [4.69, 9.17) is 5.11 Å². The highest BCUT2D eigenvalue weighted by Crippen LogP contribution is 2.12. The standard InChI is InChI=1S/C15H18FNO3S/c1-21-9-3-2-8-17-15(20)12-6-4-11(10-13(12)16)5-7-14(18)19/h4-7,10H,2-3,8-9H2,1H3,(H,17,20)(H,18,19)/b7-5+. The third-order valence-electron chi connectivity index (χ3n) is 2.72. The van der Waals surface area contributed by atoms with E-state index in [9.17, 15) is 14.0 Å². The number of aliphatic carboxylic acids is 1. The van der Waals surface area contributed by atoms with Crippen LogP contribution in [0.5, 0.6) is 0 Å². The Morgan fingerprint density at radius 2 is 2.14 bits per heavy atom. The molecular weight excluding hydrogens is 293 g/mol. The molecule has 6 heteroatoms. The van der Waals surface area contributed by atoms with Crippen molar-refractivity contribution >= 4 is 29.7 Å². The van der Waals surface area contributed by atoms with E-state index in [2.05, 4.69) is 5.32 Å². The first-order valence-electron chi connectivity index (χ1n) is 6.52. The van der Waals surface area contributed by atoms with Crippen molar-refractivity contribution in [2.75, 3.05) is 18.6 Å². The maximum Gasteiger partial charge on any atom is 0.328 e. The average Bonchev–Trinajstić information content (AvgIpc) is 2.44. The molecule has 1 amide bonds. The fourth-order valence-electron chi connectivity index (χ4n) is 1.66. The van der Waals surface area contributed by atoms with Gasteiger partial charge in [-0.25, -0.2) is 9.18 Å². The number of carbonyl (C=O) groups is 2. The number of halogens is 1. The van der Waals surface area contributed by atoms with Gasteiger partial charge in [-0.3, -0.25) is 4.79 Å². The monoisotopic (exact) mass is 311 g/mol. The van der Waals surface area contributed by atoms with Crippen molar-refractivity contribution < 1.29 is 19.1 Å². The van der Waals surface area contributed by atoms with Crippen LogP contribution in [0.4, 0.5) is 4.39 Å². The second-order valence-electron chi connectivity index (χ2n) is 4.37. The molecule has 21 heavy (non-hydrogen) atoms. The minimum Gasteiger partial charge on any atom is -0.478 e. The number of amides is 1. The van der Waals surface area contributed by atoms with Crippen LogP contribution in [0.25, 0.3) is 6.08 Å². The minimum absolute atomic E-state index is 0.0349. The first-order chi connectivity index (χ1) is 10.0. The van der Waals surface area contributed by atoms with Crippen LogP contribution in [-0.4, -0.2) is 35.5 Å². The fourth-order valence-corrected chi connectivity index (χ4v) is 2.15. The summed E-state index contributed by atoms with van der Waals surface area (Å²) in [5, 5.41) is 11.2. The van der Waals surface area contributed by atoms with E-state index in [-0.39, 0.29) is 5.56 Å². The number of carboxylic acids is 1. The molecule has 2 N–H and O–H groups in total. The molecule has 0 saturated carbocycles. The zero-order chi connectivity index (χ0) is 15.7. The lowest BCUT2D eigenvalue weighted by Gasteiger charge is -2.06. The van der Waals surface area contributed by atoms with Crippen molar-refractivity contribution in [3.8, 4) is 0 Å². The van der Waals surface area contributed by atoms with Gasteiger partial charge in [-0.15, -0.1) is 0 Å². The number of hydrogen-bond acceptors (Lipinski definition) is 3. The molecule has 0 radical (unpaired) electrons. The second-order valence-corrected chi connectivity index (χ2v) is 5.35. The Kier molecular flexibility index (Phi) is 7.53. The third kappa shape index (κ3) is 6.44. The van der Waals surface area contributed by atoms with Crippen LogP contribution in [0.15, 0.2) is 24.3 Å². The van der Waals surface area contributed by atoms with Crippen molar-refractivity contribution in [2.45, 2.75) is 12.8 Å². The molecule has 0 heterocycles. The van der Waals surface area contributed by atoms with Gasteiger partial charge in [0.25, 0.3) is 5.91 Å². The lowest BCUT2D eigenvalue weighted by Crippen LogP contribution is -2.25. The molecule has 1 aromatic carbocycles. The van der Waals surface area contributed by atoms with Crippen molar-refractivity contribution in [1.29, 1.82) is 0 Å². The Bertz CT molecular complexity index is 532. The molecule has 0 unspecified atom stereocenters. The van der Waals surface area contributed by atoms with Gasteiger partial charge in [0.1, 0.15) is 5.82 Å². The zero-order valence-electron chi connectivity index (χ0n) is 11.8. The van der Waals surface area contributed by atoms with Gasteiger partial charge in [-0.2, -0.15) is 11.8 Å². The van der Waals surface area contributed by atoms with Crippen molar-refractivity contribution in [3.63, 3.8) is 0 Å². The summed E-state index contributed by atoms with van der Waals surface area (Å²) in [6, 6.07) is 4.00. The molecule has 1 aromatic rings. The Hall–Kier alpha value is -1.82. The second kappa shape index (κ2) is 9.18. The minimum atomic E-state index is -1.11. The Morgan fingerprint density at radius 3 is 2.76 bits per heavy atom. The largest absolute Gasteiger partial charge is 0.478 e. The van der Waals surface area contributed by atoms with E-state index in [0.717, 1.165) is 30.7 Å². The molecule has 0 atom stereocenters. The number of thioether (sulfide) groups is 1. The summed E-state index contributed by atoms with van der Waals surface area (Å²) in [6.45, 7) is 0.513. The molecule has 114 valence electrons. The maximum atomic E-state index is 13.8. The van der Waals surface area contributed by atoms with Crippen LogP contribution in [0.1, 0.15) is 28.8 Å².